The molecule has 1 fully saturated rings. The van der Waals surface area contributed by atoms with E-state index in [1.807, 2.05) is 18.2 Å². The van der Waals surface area contributed by atoms with Crippen molar-refractivity contribution in [2.45, 2.75) is 32.8 Å². The number of aromatic nitrogens is 1. The summed E-state index contributed by atoms with van der Waals surface area (Å²) in [6, 6.07) is 9.92. The molecular weight excluding hydrogens is 290 g/mol. The van der Waals surface area contributed by atoms with Gasteiger partial charge in [0.15, 0.2) is 0 Å². The van der Waals surface area contributed by atoms with Gasteiger partial charge in [-0.1, -0.05) is 17.7 Å². The van der Waals surface area contributed by atoms with Gasteiger partial charge in [0.05, 0.1) is 11.9 Å². The second-order valence-electron chi connectivity index (χ2n) is 5.87. The van der Waals surface area contributed by atoms with Crippen LogP contribution in [0.5, 0.6) is 0 Å². The molecule has 2 aromatic rings. The van der Waals surface area contributed by atoms with Crippen LogP contribution in [0.2, 0.25) is 0 Å². The van der Waals surface area contributed by atoms with Crippen LogP contribution in [0.25, 0.3) is 0 Å². The van der Waals surface area contributed by atoms with E-state index in [9.17, 15) is 4.79 Å². The summed E-state index contributed by atoms with van der Waals surface area (Å²) < 4.78 is 5.37. The van der Waals surface area contributed by atoms with Crippen molar-refractivity contribution in [2.24, 2.45) is 0 Å². The van der Waals surface area contributed by atoms with Crippen LogP contribution in [0.15, 0.2) is 36.5 Å². The van der Waals surface area contributed by atoms with Crippen molar-refractivity contribution in [3.8, 4) is 0 Å². The van der Waals surface area contributed by atoms with Crippen LogP contribution in [-0.2, 0) is 9.53 Å². The normalized spacial score (nSPS) is 17.0. The standard InChI is InChI=1S/C18H21N3O2/c1-12-5-7-15(13(2)10-12)21-17-8-6-14(11-19-17)20-18(22)16-4-3-9-23-16/h5-8,10-11,16H,3-4,9H2,1-2H3,(H,19,21)(H,20,22). The van der Waals surface area contributed by atoms with E-state index in [1.165, 1.54) is 11.1 Å². The van der Waals surface area contributed by atoms with E-state index >= 15 is 0 Å². The van der Waals surface area contributed by atoms with Crippen LogP contribution >= 0.6 is 0 Å². The number of rotatable bonds is 4. The molecule has 1 aliphatic rings. The highest BCUT2D eigenvalue weighted by molar-refractivity contribution is 5.94. The molecule has 2 N–H and O–H groups in total. The first-order valence-corrected chi connectivity index (χ1v) is 7.84. The summed E-state index contributed by atoms with van der Waals surface area (Å²) in [7, 11) is 0. The second kappa shape index (κ2) is 6.79. The molecule has 1 amide bonds. The number of hydrogen-bond acceptors (Lipinski definition) is 4. The van der Waals surface area contributed by atoms with Crippen LogP contribution < -0.4 is 10.6 Å². The molecule has 1 aromatic carbocycles. The molecule has 1 unspecified atom stereocenters. The summed E-state index contributed by atoms with van der Waals surface area (Å²) in [6.45, 7) is 4.79. The molecule has 5 heteroatoms. The van der Waals surface area contributed by atoms with Gasteiger partial charge in [-0.2, -0.15) is 0 Å². The summed E-state index contributed by atoms with van der Waals surface area (Å²) in [5.41, 5.74) is 4.10. The Morgan fingerprint density at radius 3 is 2.78 bits per heavy atom. The average Bonchev–Trinajstić information content (AvgIpc) is 3.06. The number of aryl methyl sites for hydroxylation is 2. The fraction of sp³-hybridized carbons (Fsp3) is 0.333. The molecule has 0 aliphatic carbocycles. The zero-order valence-electron chi connectivity index (χ0n) is 13.4. The van der Waals surface area contributed by atoms with Gasteiger partial charge in [-0.15, -0.1) is 0 Å². The van der Waals surface area contributed by atoms with E-state index in [2.05, 4.69) is 41.6 Å². The molecule has 0 radical (unpaired) electrons. The van der Waals surface area contributed by atoms with Crippen LogP contribution in [0, 0.1) is 13.8 Å². The lowest BCUT2D eigenvalue weighted by molar-refractivity contribution is -0.124. The largest absolute Gasteiger partial charge is 0.368 e. The third-order valence-corrected chi connectivity index (χ3v) is 3.90. The van der Waals surface area contributed by atoms with Crippen LogP contribution in [-0.4, -0.2) is 23.6 Å². The van der Waals surface area contributed by atoms with Crippen molar-refractivity contribution < 1.29 is 9.53 Å². The highest BCUT2D eigenvalue weighted by Gasteiger charge is 2.23. The van der Waals surface area contributed by atoms with E-state index < -0.39 is 0 Å². The Balaban J connectivity index is 1.63. The van der Waals surface area contributed by atoms with Gasteiger partial charge < -0.3 is 15.4 Å². The Hall–Kier alpha value is -2.40. The Bertz CT molecular complexity index is 692. The SMILES string of the molecule is Cc1ccc(Nc2ccc(NC(=O)C3CCCO3)cn2)c(C)c1. The number of benzene rings is 1. The predicted octanol–water partition coefficient (Wildman–Crippen LogP) is 3.56. The van der Waals surface area contributed by atoms with Crippen molar-refractivity contribution in [1.29, 1.82) is 0 Å². The van der Waals surface area contributed by atoms with Gasteiger partial charge in [0.25, 0.3) is 5.91 Å². The van der Waals surface area contributed by atoms with Gasteiger partial charge in [-0.25, -0.2) is 4.98 Å². The molecule has 120 valence electrons. The van der Waals surface area contributed by atoms with Crippen LogP contribution in [0.4, 0.5) is 17.2 Å². The number of hydrogen-bond donors (Lipinski definition) is 2. The second-order valence-corrected chi connectivity index (χ2v) is 5.87. The van der Waals surface area contributed by atoms with Gasteiger partial charge in [-0.3, -0.25) is 4.79 Å². The monoisotopic (exact) mass is 311 g/mol. The summed E-state index contributed by atoms with van der Waals surface area (Å²) in [5.74, 6) is 0.645. The number of ether oxygens (including phenoxy) is 1. The number of carbonyl (C=O) groups excluding carboxylic acids is 1. The van der Waals surface area contributed by atoms with Gasteiger partial charge in [0.1, 0.15) is 11.9 Å². The zero-order chi connectivity index (χ0) is 16.2. The zero-order valence-corrected chi connectivity index (χ0v) is 13.4. The molecule has 5 nitrogen and oxygen atoms in total. The fourth-order valence-electron chi connectivity index (χ4n) is 2.64. The first kappa shape index (κ1) is 15.5. The van der Waals surface area contributed by atoms with Crippen molar-refractivity contribution in [3.05, 3.63) is 47.7 Å². The molecule has 1 atom stereocenters. The Morgan fingerprint density at radius 2 is 2.13 bits per heavy atom. The Kier molecular flexibility index (Phi) is 4.57. The van der Waals surface area contributed by atoms with Crippen LogP contribution in [0.1, 0.15) is 24.0 Å². The molecule has 0 bridgehead atoms. The first-order valence-electron chi connectivity index (χ1n) is 7.84. The highest BCUT2D eigenvalue weighted by Crippen LogP contribution is 2.21. The van der Waals surface area contributed by atoms with Crippen molar-refractivity contribution in [3.63, 3.8) is 0 Å². The molecule has 1 saturated heterocycles. The highest BCUT2D eigenvalue weighted by atomic mass is 16.5. The van der Waals surface area contributed by atoms with Gasteiger partial charge in [0.2, 0.25) is 0 Å². The predicted molar refractivity (Wildman–Crippen MR) is 91.0 cm³/mol. The maximum Gasteiger partial charge on any atom is 0.253 e. The molecule has 1 aromatic heterocycles. The van der Waals surface area contributed by atoms with E-state index in [1.54, 1.807) is 6.20 Å². The Labute approximate surface area is 136 Å². The minimum Gasteiger partial charge on any atom is -0.368 e. The third kappa shape index (κ3) is 3.87. The maximum atomic E-state index is 12.0. The van der Waals surface area contributed by atoms with Crippen molar-refractivity contribution >= 4 is 23.1 Å². The van der Waals surface area contributed by atoms with Gasteiger partial charge in [0, 0.05) is 12.3 Å². The summed E-state index contributed by atoms with van der Waals surface area (Å²) in [4.78, 5) is 16.3. The quantitative estimate of drug-likeness (QED) is 0.906. The van der Waals surface area contributed by atoms with Crippen molar-refractivity contribution in [1.82, 2.24) is 4.98 Å². The topological polar surface area (TPSA) is 63.2 Å². The summed E-state index contributed by atoms with van der Waals surface area (Å²) in [5, 5.41) is 6.13. The van der Waals surface area contributed by atoms with E-state index in [4.69, 9.17) is 4.74 Å². The molecule has 2 heterocycles. The minimum absolute atomic E-state index is 0.0978. The minimum atomic E-state index is -0.331. The molecule has 3 rings (SSSR count). The van der Waals surface area contributed by atoms with E-state index in [0.717, 1.165) is 24.3 Å². The Morgan fingerprint density at radius 1 is 1.26 bits per heavy atom. The average molecular weight is 311 g/mol. The fourth-order valence-corrected chi connectivity index (χ4v) is 2.64. The van der Waals surface area contributed by atoms with E-state index in [0.29, 0.717) is 12.3 Å². The molecule has 0 saturated carbocycles. The molecule has 1 aliphatic heterocycles. The van der Waals surface area contributed by atoms with Crippen molar-refractivity contribution in [2.75, 3.05) is 17.2 Å². The van der Waals surface area contributed by atoms with Gasteiger partial charge >= 0.3 is 0 Å². The number of amides is 1. The lowest BCUT2D eigenvalue weighted by Crippen LogP contribution is -2.26. The molecular formula is C18H21N3O2. The number of anilines is 3. The third-order valence-electron chi connectivity index (χ3n) is 3.90. The number of carbonyl (C=O) groups is 1. The lowest BCUT2D eigenvalue weighted by atomic mass is 10.1. The van der Waals surface area contributed by atoms with E-state index in [-0.39, 0.29) is 12.0 Å². The molecule has 0 spiro atoms. The number of nitrogens with zero attached hydrogens (tertiary/aromatic N) is 1. The summed E-state index contributed by atoms with van der Waals surface area (Å²) in [6.07, 6.45) is 3.04. The number of nitrogens with one attached hydrogen (secondary N) is 2. The number of pyridine rings is 1. The molecule has 23 heavy (non-hydrogen) atoms. The summed E-state index contributed by atoms with van der Waals surface area (Å²) >= 11 is 0. The van der Waals surface area contributed by atoms with Crippen LogP contribution in [0.3, 0.4) is 0 Å². The maximum absolute atomic E-state index is 12.0. The first-order chi connectivity index (χ1) is 11.1. The smallest absolute Gasteiger partial charge is 0.253 e. The van der Waals surface area contributed by atoms with Gasteiger partial charge in [-0.05, 0) is 50.5 Å². The lowest BCUT2D eigenvalue weighted by Gasteiger charge is -2.12.